The van der Waals surface area contributed by atoms with E-state index in [1.165, 1.54) is 6.20 Å². The number of nitrogens with zero attached hydrogens (tertiary/aromatic N) is 3. The lowest BCUT2D eigenvalue weighted by Gasteiger charge is -1.94. The van der Waals surface area contributed by atoms with Gasteiger partial charge < -0.3 is 5.11 Å². The summed E-state index contributed by atoms with van der Waals surface area (Å²) in [5.41, 5.74) is 0.604. The van der Waals surface area contributed by atoms with Gasteiger partial charge in [-0.3, -0.25) is 9.38 Å². The number of aryl methyl sites for hydroxylation is 1. The smallest absolute Gasteiger partial charge is 0.356 e. The summed E-state index contributed by atoms with van der Waals surface area (Å²) in [7, 11) is 0. The SMILES string of the molecule is CCc1nc(C(=O)O)c2cnccn12. The first-order chi connectivity index (χ1) is 6.74. The average molecular weight is 191 g/mol. The summed E-state index contributed by atoms with van der Waals surface area (Å²) in [6.45, 7) is 1.93. The third-order valence-corrected chi connectivity index (χ3v) is 2.04. The van der Waals surface area contributed by atoms with Crippen LogP contribution in [0.5, 0.6) is 0 Å². The highest BCUT2D eigenvalue weighted by Gasteiger charge is 2.14. The molecule has 0 aromatic carbocycles. The second-order valence-corrected chi connectivity index (χ2v) is 2.87. The zero-order chi connectivity index (χ0) is 10.1. The minimum absolute atomic E-state index is 0.0648. The highest BCUT2D eigenvalue weighted by Crippen LogP contribution is 2.11. The van der Waals surface area contributed by atoms with E-state index >= 15 is 0 Å². The normalized spacial score (nSPS) is 10.6. The van der Waals surface area contributed by atoms with Gasteiger partial charge in [0.05, 0.1) is 11.7 Å². The first-order valence-corrected chi connectivity index (χ1v) is 4.28. The second kappa shape index (κ2) is 3.10. The fraction of sp³-hybridized carbons (Fsp3) is 0.222. The number of carbonyl (C=O) groups is 1. The Bertz CT molecular complexity index is 490. The number of aromatic nitrogens is 3. The number of rotatable bonds is 2. The van der Waals surface area contributed by atoms with Crippen molar-refractivity contribution in [3.05, 3.63) is 30.1 Å². The zero-order valence-corrected chi connectivity index (χ0v) is 7.64. The van der Waals surface area contributed by atoms with Crippen molar-refractivity contribution in [3.63, 3.8) is 0 Å². The number of fused-ring (bicyclic) bond motifs is 1. The van der Waals surface area contributed by atoms with E-state index in [1.54, 1.807) is 16.8 Å². The molecule has 14 heavy (non-hydrogen) atoms. The van der Waals surface area contributed by atoms with E-state index in [0.29, 0.717) is 11.9 Å². The van der Waals surface area contributed by atoms with Gasteiger partial charge in [-0.05, 0) is 0 Å². The van der Waals surface area contributed by atoms with Gasteiger partial charge in [-0.1, -0.05) is 6.92 Å². The molecule has 0 spiro atoms. The summed E-state index contributed by atoms with van der Waals surface area (Å²) in [5.74, 6) is -0.282. The van der Waals surface area contributed by atoms with Crippen molar-refractivity contribution in [1.29, 1.82) is 0 Å². The molecular weight excluding hydrogens is 182 g/mol. The molecule has 0 amide bonds. The third-order valence-electron chi connectivity index (χ3n) is 2.04. The van der Waals surface area contributed by atoms with Crippen LogP contribution in [0.4, 0.5) is 0 Å². The van der Waals surface area contributed by atoms with Crippen molar-refractivity contribution in [1.82, 2.24) is 14.4 Å². The largest absolute Gasteiger partial charge is 0.476 e. The Morgan fingerprint density at radius 2 is 2.43 bits per heavy atom. The first kappa shape index (κ1) is 8.68. The van der Waals surface area contributed by atoms with Gasteiger partial charge in [-0.25, -0.2) is 9.78 Å². The van der Waals surface area contributed by atoms with Crippen LogP contribution in [-0.2, 0) is 6.42 Å². The third kappa shape index (κ3) is 1.14. The van der Waals surface area contributed by atoms with Crippen LogP contribution in [0.1, 0.15) is 23.2 Å². The Hall–Kier alpha value is -1.91. The maximum atomic E-state index is 10.8. The molecule has 0 bridgehead atoms. The van der Waals surface area contributed by atoms with E-state index in [-0.39, 0.29) is 5.69 Å². The number of carboxylic acid groups (broad SMARTS) is 1. The molecule has 2 aromatic heterocycles. The van der Waals surface area contributed by atoms with E-state index < -0.39 is 5.97 Å². The summed E-state index contributed by atoms with van der Waals surface area (Å²) in [5, 5.41) is 8.89. The molecule has 0 radical (unpaired) electrons. The van der Waals surface area contributed by atoms with Gasteiger partial charge in [-0.15, -0.1) is 0 Å². The topological polar surface area (TPSA) is 67.5 Å². The molecule has 0 saturated carbocycles. The fourth-order valence-electron chi connectivity index (χ4n) is 1.41. The Morgan fingerprint density at radius 1 is 1.64 bits per heavy atom. The van der Waals surface area contributed by atoms with Crippen LogP contribution in [0.3, 0.4) is 0 Å². The quantitative estimate of drug-likeness (QED) is 0.768. The molecule has 72 valence electrons. The van der Waals surface area contributed by atoms with Crippen molar-refractivity contribution >= 4 is 11.5 Å². The Morgan fingerprint density at radius 3 is 3.07 bits per heavy atom. The predicted octanol–water partition coefficient (Wildman–Crippen LogP) is 0.990. The zero-order valence-electron chi connectivity index (χ0n) is 7.64. The monoisotopic (exact) mass is 191 g/mol. The Kier molecular flexibility index (Phi) is 1.92. The van der Waals surface area contributed by atoms with Gasteiger partial charge in [0.1, 0.15) is 5.82 Å². The van der Waals surface area contributed by atoms with E-state index in [1.807, 2.05) is 6.92 Å². The molecule has 0 atom stereocenters. The summed E-state index contributed by atoms with van der Waals surface area (Å²) in [6.07, 6.45) is 5.53. The molecule has 2 heterocycles. The highest BCUT2D eigenvalue weighted by atomic mass is 16.4. The second-order valence-electron chi connectivity index (χ2n) is 2.87. The van der Waals surface area contributed by atoms with E-state index in [0.717, 1.165) is 5.82 Å². The standard InChI is InChI=1S/C9H9N3O2/c1-2-7-11-8(9(13)14)6-5-10-3-4-12(6)7/h3-5H,2H2,1H3,(H,13,14). The molecule has 5 nitrogen and oxygen atoms in total. The summed E-state index contributed by atoms with van der Waals surface area (Å²) in [4.78, 5) is 18.8. The van der Waals surface area contributed by atoms with E-state index in [4.69, 9.17) is 5.11 Å². The molecule has 0 aliphatic heterocycles. The minimum atomic E-state index is -1.02. The maximum absolute atomic E-state index is 10.8. The maximum Gasteiger partial charge on any atom is 0.356 e. The minimum Gasteiger partial charge on any atom is -0.476 e. The fourth-order valence-corrected chi connectivity index (χ4v) is 1.41. The van der Waals surface area contributed by atoms with Crippen LogP contribution in [0.2, 0.25) is 0 Å². The predicted molar refractivity (Wildman–Crippen MR) is 49.3 cm³/mol. The van der Waals surface area contributed by atoms with Crippen molar-refractivity contribution in [3.8, 4) is 0 Å². The molecule has 1 N–H and O–H groups in total. The van der Waals surface area contributed by atoms with Crippen LogP contribution in [0.25, 0.3) is 5.52 Å². The van der Waals surface area contributed by atoms with Crippen LogP contribution in [0, 0.1) is 0 Å². The number of hydrogen-bond acceptors (Lipinski definition) is 3. The summed E-state index contributed by atoms with van der Waals surface area (Å²) < 4.78 is 1.75. The molecule has 0 saturated heterocycles. The lowest BCUT2D eigenvalue weighted by atomic mass is 10.4. The molecule has 0 aliphatic carbocycles. The Labute approximate surface area is 80.0 Å². The number of hydrogen-bond donors (Lipinski definition) is 1. The van der Waals surface area contributed by atoms with Crippen molar-refractivity contribution in [2.24, 2.45) is 0 Å². The lowest BCUT2D eigenvalue weighted by molar-refractivity contribution is 0.0693. The van der Waals surface area contributed by atoms with Crippen LogP contribution < -0.4 is 0 Å². The number of imidazole rings is 1. The van der Waals surface area contributed by atoms with Gasteiger partial charge >= 0.3 is 5.97 Å². The van der Waals surface area contributed by atoms with Crippen molar-refractivity contribution < 1.29 is 9.90 Å². The average Bonchev–Trinajstić information content (AvgIpc) is 2.56. The summed E-state index contributed by atoms with van der Waals surface area (Å²) >= 11 is 0. The van der Waals surface area contributed by atoms with Crippen LogP contribution in [0.15, 0.2) is 18.6 Å². The molecule has 5 heteroatoms. The molecule has 0 aliphatic rings. The van der Waals surface area contributed by atoms with Gasteiger partial charge in [0.25, 0.3) is 0 Å². The molecule has 2 rings (SSSR count). The molecule has 0 fully saturated rings. The summed E-state index contributed by atoms with van der Waals surface area (Å²) in [6, 6.07) is 0. The highest BCUT2D eigenvalue weighted by molar-refractivity contribution is 5.93. The van der Waals surface area contributed by atoms with Gasteiger partial charge in [0.2, 0.25) is 0 Å². The Balaban J connectivity index is 2.80. The first-order valence-electron chi connectivity index (χ1n) is 4.28. The van der Waals surface area contributed by atoms with Gasteiger partial charge in [0.15, 0.2) is 5.69 Å². The van der Waals surface area contributed by atoms with Crippen LogP contribution >= 0.6 is 0 Å². The molecular formula is C9H9N3O2. The lowest BCUT2D eigenvalue weighted by Crippen LogP contribution is -1.97. The van der Waals surface area contributed by atoms with Crippen molar-refractivity contribution in [2.45, 2.75) is 13.3 Å². The van der Waals surface area contributed by atoms with Crippen LogP contribution in [-0.4, -0.2) is 25.4 Å². The number of aromatic carboxylic acids is 1. The molecule has 0 unspecified atom stereocenters. The van der Waals surface area contributed by atoms with Crippen molar-refractivity contribution in [2.75, 3.05) is 0 Å². The van der Waals surface area contributed by atoms with E-state index in [9.17, 15) is 4.79 Å². The molecule has 2 aromatic rings. The number of carboxylic acids is 1. The van der Waals surface area contributed by atoms with Gasteiger partial charge in [0, 0.05) is 18.8 Å². The van der Waals surface area contributed by atoms with E-state index in [2.05, 4.69) is 9.97 Å². The van der Waals surface area contributed by atoms with Gasteiger partial charge in [-0.2, -0.15) is 0 Å².